The molecule has 0 unspecified atom stereocenters. The number of fused-ring (bicyclic) bond motifs is 1. The summed E-state index contributed by atoms with van der Waals surface area (Å²) in [5.41, 5.74) is 9.51. The molecule has 204 valence electrons. The zero-order valence-corrected chi connectivity index (χ0v) is 20.7. The maximum atomic E-state index is 12.4. The van der Waals surface area contributed by atoms with E-state index in [2.05, 4.69) is 25.3 Å². The van der Waals surface area contributed by atoms with Crippen molar-refractivity contribution in [3.63, 3.8) is 0 Å². The van der Waals surface area contributed by atoms with E-state index in [9.17, 15) is 29.1 Å². The number of rotatable bonds is 9. The van der Waals surface area contributed by atoms with E-state index in [1.807, 2.05) is 12.1 Å². The van der Waals surface area contributed by atoms with Gasteiger partial charge in [0.25, 0.3) is 5.56 Å². The number of para-hydroxylation sites is 1. The number of hydrogen-bond acceptors (Lipinski definition) is 8. The zero-order valence-electron chi connectivity index (χ0n) is 20.7. The normalized spacial score (nSPS) is 19.3. The van der Waals surface area contributed by atoms with Gasteiger partial charge in [0.15, 0.2) is 0 Å². The molecule has 0 aliphatic carbocycles. The number of esters is 1. The summed E-state index contributed by atoms with van der Waals surface area (Å²) in [6.07, 6.45) is 1.60. The summed E-state index contributed by atoms with van der Waals surface area (Å²) in [7, 11) is 0. The molecule has 1 fully saturated rings. The van der Waals surface area contributed by atoms with Gasteiger partial charge in [-0.1, -0.05) is 23.3 Å². The lowest BCUT2D eigenvalue weighted by Crippen LogP contribution is -2.46. The molecule has 1 amide bonds. The summed E-state index contributed by atoms with van der Waals surface area (Å²) < 4.78 is 12.1. The van der Waals surface area contributed by atoms with Gasteiger partial charge < -0.3 is 24.9 Å². The van der Waals surface area contributed by atoms with Crippen molar-refractivity contribution in [1.29, 1.82) is 0 Å². The topological polar surface area (TPSA) is 221 Å². The Balaban J connectivity index is 1.35. The lowest BCUT2D eigenvalue weighted by molar-refractivity contribution is -0.159. The van der Waals surface area contributed by atoms with Crippen LogP contribution in [0.5, 0.6) is 0 Å². The van der Waals surface area contributed by atoms with Crippen molar-refractivity contribution >= 4 is 28.7 Å². The number of aryl methyl sites for hydroxylation is 1. The number of carbonyl (C=O) groups is 3. The molecule has 1 aromatic carbocycles. The van der Waals surface area contributed by atoms with Crippen LogP contribution in [0, 0.1) is 6.92 Å². The first-order valence-corrected chi connectivity index (χ1v) is 11.9. The molecule has 0 saturated carbocycles. The van der Waals surface area contributed by atoms with Gasteiger partial charge in [0.05, 0.1) is 18.7 Å². The summed E-state index contributed by atoms with van der Waals surface area (Å²) in [6, 6.07) is 5.09. The molecule has 1 saturated heterocycles. The number of aromatic nitrogens is 3. The molecular weight excluding hydrogens is 514 g/mol. The lowest BCUT2D eigenvalue weighted by Gasteiger charge is -2.17. The Bertz CT molecular complexity index is 1570. The van der Waals surface area contributed by atoms with Crippen molar-refractivity contribution in [1.82, 2.24) is 19.9 Å². The standard InChI is InChI=1S/C24H25N7O8/c1-12-9-31(24(37)28-20(12)32)10-14-7-17(29-30-25)19(39-14)11-38-23(36)21(33)27-18(22(34)35)6-13-8-26-16-5-3-2-4-15(13)16/h2-5,8-9,14,17-19,26H,6-7,10-11H2,1H3,(H,27,33)(H,34,35)(H,28,32,37)/t14-,17+,18+,19-/m1/s1. The largest absolute Gasteiger partial charge is 0.480 e. The minimum atomic E-state index is -1.40. The molecule has 2 aromatic heterocycles. The monoisotopic (exact) mass is 539 g/mol. The lowest BCUT2D eigenvalue weighted by atomic mass is 10.1. The van der Waals surface area contributed by atoms with Crippen LogP contribution in [-0.2, 0) is 36.8 Å². The van der Waals surface area contributed by atoms with Crippen LogP contribution in [0.4, 0.5) is 0 Å². The number of ether oxygens (including phenoxy) is 2. The molecule has 3 heterocycles. The summed E-state index contributed by atoms with van der Waals surface area (Å²) in [6.45, 7) is 1.12. The third kappa shape index (κ3) is 6.34. The molecule has 1 aliphatic heterocycles. The predicted octanol–water partition coefficient (Wildman–Crippen LogP) is 0.518. The van der Waals surface area contributed by atoms with Gasteiger partial charge in [-0.05, 0) is 30.5 Å². The number of carbonyl (C=O) groups excluding carboxylic acids is 2. The molecule has 4 rings (SSSR count). The number of H-pyrrole nitrogens is 2. The number of carboxylic acids is 1. The first-order chi connectivity index (χ1) is 18.7. The van der Waals surface area contributed by atoms with Gasteiger partial charge >= 0.3 is 23.5 Å². The van der Waals surface area contributed by atoms with Crippen molar-refractivity contribution < 1.29 is 29.0 Å². The summed E-state index contributed by atoms with van der Waals surface area (Å²) in [4.78, 5) is 68.2. The average molecular weight is 540 g/mol. The zero-order chi connectivity index (χ0) is 28.1. The number of nitrogens with zero attached hydrogens (tertiary/aromatic N) is 4. The first-order valence-electron chi connectivity index (χ1n) is 11.9. The molecule has 39 heavy (non-hydrogen) atoms. The number of benzene rings is 1. The smallest absolute Gasteiger partial charge is 0.396 e. The van der Waals surface area contributed by atoms with Crippen molar-refractivity contribution in [3.05, 3.63) is 79.1 Å². The minimum Gasteiger partial charge on any atom is -0.480 e. The Morgan fingerprint density at radius 2 is 2.10 bits per heavy atom. The van der Waals surface area contributed by atoms with Crippen LogP contribution in [0.25, 0.3) is 21.3 Å². The number of hydrogen-bond donors (Lipinski definition) is 4. The van der Waals surface area contributed by atoms with Crippen molar-refractivity contribution in [2.45, 2.75) is 50.6 Å². The Morgan fingerprint density at radius 1 is 1.33 bits per heavy atom. The molecule has 15 nitrogen and oxygen atoms in total. The van der Waals surface area contributed by atoms with E-state index in [4.69, 9.17) is 15.0 Å². The number of azide groups is 1. The summed E-state index contributed by atoms with van der Waals surface area (Å²) in [5.74, 6) is -3.92. The van der Waals surface area contributed by atoms with Crippen LogP contribution in [0.15, 0.2) is 51.4 Å². The van der Waals surface area contributed by atoms with Crippen LogP contribution in [0.3, 0.4) is 0 Å². The number of carboxylic acid groups (broad SMARTS) is 1. The van der Waals surface area contributed by atoms with Crippen molar-refractivity contribution in [2.75, 3.05) is 6.61 Å². The van der Waals surface area contributed by atoms with Gasteiger partial charge in [0.2, 0.25) is 0 Å². The van der Waals surface area contributed by atoms with Gasteiger partial charge in [0, 0.05) is 40.2 Å². The quantitative estimate of drug-likeness (QED) is 0.0984. The van der Waals surface area contributed by atoms with E-state index in [1.54, 1.807) is 18.3 Å². The van der Waals surface area contributed by atoms with E-state index in [0.717, 1.165) is 10.9 Å². The molecular formula is C24H25N7O8. The van der Waals surface area contributed by atoms with Crippen LogP contribution < -0.4 is 16.6 Å². The number of amides is 1. The van der Waals surface area contributed by atoms with Crippen LogP contribution >= 0.6 is 0 Å². The Kier molecular flexibility index (Phi) is 8.13. The highest BCUT2D eigenvalue weighted by atomic mass is 16.6. The molecule has 1 aliphatic rings. The van der Waals surface area contributed by atoms with Gasteiger partial charge in [-0.2, -0.15) is 0 Å². The first kappa shape index (κ1) is 27.2. The minimum absolute atomic E-state index is 0.0347. The van der Waals surface area contributed by atoms with Gasteiger partial charge in [-0.15, -0.1) is 0 Å². The maximum Gasteiger partial charge on any atom is 0.396 e. The van der Waals surface area contributed by atoms with Gasteiger partial charge in [-0.3, -0.25) is 19.1 Å². The highest BCUT2D eigenvalue weighted by Gasteiger charge is 2.36. The number of nitrogens with one attached hydrogen (secondary N) is 3. The van der Waals surface area contributed by atoms with Gasteiger partial charge in [-0.25, -0.2) is 14.4 Å². The molecule has 0 spiro atoms. The molecule has 3 aromatic rings. The number of aromatic amines is 2. The molecule has 0 bridgehead atoms. The second-order valence-corrected chi connectivity index (χ2v) is 9.05. The summed E-state index contributed by atoms with van der Waals surface area (Å²) >= 11 is 0. The van der Waals surface area contributed by atoms with E-state index in [-0.39, 0.29) is 19.4 Å². The third-order valence-corrected chi connectivity index (χ3v) is 6.36. The summed E-state index contributed by atoms with van der Waals surface area (Å²) in [5, 5.41) is 16.2. The Hall–Kier alpha value is -4.88. The fraction of sp³-hybridized carbons (Fsp3) is 0.375. The van der Waals surface area contributed by atoms with Crippen molar-refractivity contribution in [2.24, 2.45) is 5.11 Å². The van der Waals surface area contributed by atoms with E-state index >= 15 is 0 Å². The van der Waals surface area contributed by atoms with E-state index in [1.165, 1.54) is 17.7 Å². The second-order valence-electron chi connectivity index (χ2n) is 9.05. The SMILES string of the molecule is Cc1cn(C[C@H]2C[C@H](N=[N+]=[N-])[C@@H](COC(=O)C(=O)N[C@@H](Cc3c[nH]c4ccccc34)C(=O)O)O2)c(=O)[nH]c1=O. The van der Waals surface area contributed by atoms with E-state index < -0.39 is 60.0 Å². The Morgan fingerprint density at radius 3 is 2.85 bits per heavy atom. The van der Waals surface area contributed by atoms with Crippen LogP contribution in [0.1, 0.15) is 17.5 Å². The predicted molar refractivity (Wildman–Crippen MR) is 135 cm³/mol. The number of aliphatic carboxylic acids is 1. The highest BCUT2D eigenvalue weighted by molar-refractivity contribution is 6.32. The maximum absolute atomic E-state index is 12.4. The second kappa shape index (κ2) is 11.7. The molecule has 15 heteroatoms. The highest BCUT2D eigenvalue weighted by Crippen LogP contribution is 2.25. The van der Waals surface area contributed by atoms with Crippen LogP contribution in [-0.4, -0.2) is 68.4 Å². The third-order valence-electron chi connectivity index (χ3n) is 6.36. The molecule has 0 radical (unpaired) electrons. The fourth-order valence-electron chi connectivity index (χ4n) is 4.40. The van der Waals surface area contributed by atoms with Gasteiger partial charge in [0.1, 0.15) is 18.8 Å². The van der Waals surface area contributed by atoms with Crippen LogP contribution in [0.2, 0.25) is 0 Å². The average Bonchev–Trinajstić information content (AvgIpc) is 3.49. The molecule has 4 N–H and O–H groups in total. The molecule has 4 atom stereocenters. The fourth-order valence-corrected chi connectivity index (χ4v) is 4.40. The van der Waals surface area contributed by atoms with Crippen molar-refractivity contribution in [3.8, 4) is 0 Å². The Labute approximate surface area is 219 Å². The van der Waals surface area contributed by atoms with E-state index in [0.29, 0.717) is 11.1 Å².